The van der Waals surface area contributed by atoms with Crippen molar-refractivity contribution in [2.45, 2.75) is 56.9 Å². The number of thioether (sulfide) groups is 1. The third-order valence-corrected chi connectivity index (χ3v) is 9.20. The number of carbonyl (C=O) groups excluding carboxylic acids is 2. The lowest BCUT2D eigenvalue weighted by molar-refractivity contribution is -0.130. The molecule has 1 saturated carbocycles. The fourth-order valence-electron chi connectivity index (χ4n) is 5.57. The monoisotopic (exact) mass is 533 g/mol. The number of aryl methyl sites for hydroxylation is 1. The van der Waals surface area contributed by atoms with Crippen molar-refractivity contribution in [2.75, 3.05) is 39.4 Å². The molecular weight excluding hydrogens is 494 g/mol. The summed E-state index contributed by atoms with van der Waals surface area (Å²) >= 11 is 1.75. The van der Waals surface area contributed by atoms with Crippen molar-refractivity contribution in [2.24, 2.45) is 0 Å². The summed E-state index contributed by atoms with van der Waals surface area (Å²) in [5.74, 6) is 0.0735. The van der Waals surface area contributed by atoms with Crippen LogP contribution >= 0.6 is 11.8 Å². The van der Waals surface area contributed by atoms with Crippen LogP contribution < -0.4 is 5.32 Å². The van der Waals surface area contributed by atoms with Gasteiger partial charge in [0, 0.05) is 43.0 Å². The van der Waals surface area contributed by atoms with Gasteiger partial charge in [0.25, 0.3) is 11.8 Å². The van der Waals surface area contributed by atoms with Crippen molar-refractivity contribution < 1.29 is 14.3 Å². The number of rotatable bonds is 8. The van der Waals surface area contributed by atoms with E-state index in [-0.39, 0.29) is 11.8 Å². The van der Waals surface area contributed by atoms with Crippen molar-refractivity contribution >= 4 is 29.7 Å². The number of nitrogens with one attached hydrogen (secondary N) is 1. The lowest BCUT2D eigenvalue weighted by Gasteiger charge is -2.44. The molecule has 6 nitrogen and oxygen atoms in total. The molecule has 1 N–H and O–H groups in total. The Labute approximate surface area is 230 Å². The fourth-order valence-corrected chi connectivity index (χ4v) is 7.04. The van der Waals surface area contributed by atoms with Crippen molar-refractivity contribution in [1.29, 1.82) is 0 Å². The molecule has 3 aliphatic rings. The first-order valence-corrected chi connectivity index (χ1v) is 14.9. The molecule has 202 valence electrons. The van der Waals surface area contributed by atoms with Gasteiger partial charge in [0.15, 0.2) is 0 Å². The Hall–Kier alpha value is -2.61. The van der Waals surface area contributed by atoms with Crippen LogP contribution in [0.2, 0.25) is 0 Å². The van der Waals surface area contributed by atoms with Crippen LogP contribution in [0.25, 0.3) is 6.08 Å². The lowest BCUT2D eigenvalue weighted by atomic mass is 9.92. The number of morpholine rings is 1. The first-order chi connectivity index (χ1) is 18.6. The smallest absolute Gasteiger partial charge is 0.260 e. The molecule has 2 aromatic rings. The van der Waals surface area contributed by atoms with Gasteiger partial charge < -0.3 is 15.0 Å². The Morgan fingerprint density at radius 1 is 1.05 bits per heavy atom. The van der Waals surface area contributed by atoms with Crippen LogP contribution in [0.5, 0.6) is 0 Å². The Morgan fingerprint density at radius 2 is 1.79 bits per heavy atom. The highest BCUT2D eigenvalue weighted by atomic mass is 32.2. The van der Waals surface area contributed by atoms with Gasteiger partial charge in [-0.25, -0.2) is 0 Å². The molecule has 0 bridgehead atoms. The summed E-state index contributed by atoms with van der Waals surface area (Å²) < 4.78 is 5.38. The molecule has 2 aliphatic heterocycles. The van der Waals surface area contributed by atoms with Gasteiger partial charge in [0.05, 0.1) is 18.1 Å². The van der Waals surface area contributed by atoms with Gasteiger partial charge in [-0.05, 0) is 62.1 Å². The topological polar surface area (TPSA) is 61.9 Å². The highest BCUT2D eigenvalue weighted by Crippen LogP contribution is 2.42. The summed E-state index contributed by atoms with van der Waals surface area (Å²) in [6.45, 7) is 7.91. The van der Waals surface area contributed by atoms with Crippen LogP contribution in [-0.4, -0.2) is 72.3 Å². The third kappa shape index (κ3) is 6.87. The van der Waals surface area contributed by atoms with Gasteiger partial charge in [-0.1, -0.05) is 54.8 Å². The predicted octanol–water partition coefficient (Wildman–Crippen LogP) is 4.87. The van der Waals surface area contributed by atoms with E-state index in [1.54, 1.807) is 11.8 Å². The quantitative estimate of drug-likeness (QED) is 0.387. The Morgan fingerprint density at radius 3 is 2.55 bits per heavy atom. The lowest BCUT2D eigenvalue weighted by Crippen LogP contribution is -2.50. The standard InChI is InChI=1S/C31H39N3O3S/c1-23-7-9-25(10-8-23)22-34-27-5-2-3-6-28(27)38-29(31(34)36)21-24-11-13-26(14-12-24)30(35)32-15-4-16-33-17-19-37-20-18-33/h7-14,21,27-28H,2-6,15-20,22H2,1H3,(H,32,35)/b29-21+. The van der Waals surface area contributed by atoms with E-state index in [1.165, 1.54) is 24.0 Å². The van der Waals surface area contributed by atoms with Crippen molar-refractivity contribution in [3.8, 4) is 0 Å². The van der Waals surface area contributed by atoms with E-state index in [9.17, 15) is 9.59 Å². The number of benzene rings is 2. The molecule has 3 fully saturated rings. The highest BCUT2D eigenvalue weighted by Gasteiger charge is 2.40. The predicted molar refractivity (Wildman–Crippen MR) is 154 cm³/mol. The Kier molecular flexibility index (Phi) is 9.20. The molecule has 0 spiro atoms. The fraction of sp³-hybridized carbons (Fsp3) is 0.484. The van der Waals surface area contributed by atoms with Gasteiger partial charge in [0.1, 0.15) is 0 Å². The van der Waals surface area contributed by atoms with E-state index in [0.29, 0.717) is 29.9 Å². The molecule has 2 heterocycles. The summed E-state index contributed by atoms with van der Waals surface area (Å²) in [6.07, 6.45) is 7.58. The molecule has 5 rings (SSSR count). The Bertz CT molecular complexity index is 1130. The van der Waals surface area contributed by atoms with E-state index in [4.69, 9.17) is 4.74 Å². The number of hydrogen-bond donors (Lipinski definition) is 1. The second-order valence-electron chi connectivity index (χ2n) is 10.6. The zero-order valence-corrected chi connectivity index (χ0v) is 23.2. The van der Waals surface area contributed by atoms with Gasteiger partial charge in [0.2, 0.25) is 0 Å². The van der Waals surface area contributed by atoms with E-state index < -0.39 is 0 Å². The maximum Gasteiger partial charge on any atom is 0.260 e. The van der Waals surface area contributed by atoms with Crippen LogP contribution in [-0.2, 0) is 16.1 Å². The normalized spacial score (nSPS) is 23.3. The molecule has 0 radical (unpaired) electrons. The number of ether oxygens (including phenoxy) is 1. The van der Waals surface area contributed by atoms with Gasteiger partial charge in [-0.15, -0.1) is 11.8 Å². The molecule has 2 amide bonds. The highest BCUT2D eigenvalue weighted by molar-refractivity contribution is 8.04. The summed E-state index contributed by atoms with van der Waals surface area (Å²) in [6, 6.07) is 16.4. The van der Waals surface area contributed by atoms with Crippen LogP contribution in [0.1, 0.15) is 59.2 Å². The van der Waals surface area contributed by atoms with Crippen LogP contribution in [0.3, 0.4) is 0 Å². The van der Waals surface area contributed by atoms with Gasteiger partial charge in [-0.3, -0.25) is 14.5 Å². The van der Waals surface area contributed by atoms with Crippen molar-refractivity contribution in [1.82, 2.24) is 15.1 Å². The summed E-state index contributed by atoms with van der Waals surface area (Å²) in [7, 11) is 0. The molecule has 38 heavy (non-hydrogen) atoms. The molecule has 2 atom stereocenters. The molecule has 2 saturated heterocycles. The van der Waals surface area contributed by atoms with E-state index in [0.717, 1.165) is 62.6 Å². The Balaban J connectivity index is 1.21. The average molecular weight is 534 g/mol. The van der Waals surface area contributed by atoms with Crippen LogP contribution in [0.4, 0.5) is 0 Å². The SMILES string of the molecule is Cc1ccc(CN2C(=O)/C(=C\c3ccc(C(=O)NCCCN4CCOCC4)cc3)SC3CCCCC32)cc1. The number of fused-ring (bicyclic) bond motifs is 1. The minimum Gasteiger partial charge on any atom is -0.379 e. The number of carbonyl (C=O) groups is 2. The van der Waals surface area contributed by atoms with E-state index in [1.807, 2.05) is 30.3 Å². The summed E-state index contributed by atoms with van der Waals surface area (Å²) in [5, 5.41) is 3.48. The maximum absolute atomic E-state index is 13.7. The summed E-state index contributed by atoms with van der Waals surface area (Å²) in [4.78, 5) is 31.6. The van der Waals surface area contributed by atoms with E-state index >= 15 is 0 Å². The average Bonchev–Trinajstić information content (AvgIpc) is 2.95. The van der Waals surface area contributed by atoms with Crippen molar-refractivity contribution in [3.05, 3.63) is 75.7 Å². The largest absolute Gasteiger partial charge is 0.379 e. The zero-order chi connectivity index (χ0) is 26.3. The third-order valence-electron chi connectivity index (χ3n) is 7.80. The van der Waals surface area contributed by atoms with E-state index in [2.05, 4.69) is 46.3 Å². The first kappa shape index (κ1) is 27.0. The van der Waals surface area contributed by atoms with Gasteiger partial charge in [-0.2, -0.15) is 0 Å². The number of hydrogen-bond acceptors (Lipinski definition) is 5. The molecule has 2 aromatic carbocycles. The van der Waals surface area contributed by atoms with Crippen LogP contribution in [0.15, 0.2) is 53.4 Å². The molecule has 2 unspecified atom stereocenters. The minimum absolute atomic E-state index is 0.0522. The minimum atomic E-state index is -0.0522. The van der Waals surface area contributed by atoms with Gasteiger partial charge >= 0.3 is 0 Å². The number of amides is 2. The number of nitrogens with zero attached hydrogens (tertiary/aromatic N) is 2. The maximum atomic E-state index is 13.7. The van der Waals surface area contributed by atoms with Crippen LogP contribution in [0, 0.1) is 6.92 Å². The molecule has 7 heteroatoms. The molecule has 0 aromatic heterocycles. The second-order valence-corrected chi connectivity index (χ2v) is 11.9. The summed E-state index contributed by atoms with van der Waals surface area (Å²) in [5.41, 5.74) is 4.01. The second kappa shape index (κ2) is 13.0. The van der Waals surface area contributed by atoms with Crippen molar-refractivity contribution in [3.63, 3.8) is 0 Å². The molecule has 1 aliphatic carbocycles. The zero-order valence-electron chi connectivity index (χ0n) is 22.4. The first-order valence-electron chi connectivity index (χ1n) is 14.0. The molecular formula is C31H39N3O3S.